The number of nitrogens with zero attached hydrogens (tertiary/aromatic N) is 3. The van der Waals surface area contributed by atoms with Crippen molar-refractivity contribution in [1.29, 1.82) is 0 Å². The van der Waals surface area contributed by atoms with Crippen LogP contribution in [-0.2, 0) is 9.59 Å². The summed E-state index contributed by atoms with van der Waals surface area (Å²) in [6, 6.07) is 10.6. The maximum atomic E-state index is 12.7. The molecule has 164 valence electrons. The molecule has 1 aliphatic carbocycles. The van der Waals surface area contributed by atoms with Gasteiger partial charge in [0, 0.05) is 57.3 Å². The maximum absolute atomic E-state index is 12.7. The smallest absolute Gasteiger partial charge is 0.303 e. The molecule has 2 saturated heterocycles. The fourth-order valence-corrected chi connectivity index (χ4v) is 5.23. The summed E-state index contributed by atoms with van der Waals surface area (Å²) in [6.45, 7) is 6.61. The Morgan fingerprint density at radius 3 is 2.30 bits per heavy atom. The third-order valence-corrected chi connectivity index (χ3v) is 7.40. The largest absolute Gasteiger partial charge is 0.481 e. The number of aliphatic carboxylic acids is 1. The Labute approximate surface area is 179 Å². The lowest BCUT2D eigenvalue weighted by atomic mass is 9.79. The standard InChI is InChI=1S/C24H35N3O3/c28-23(29)17-20-10-12-27(24(30)19-5-4-6-19)18-21(20)9-11-25-13-15-26(16-14-25)22-7-2-1-3-8-22/h1-3,7-8,19-21H,4-6,9-18H2,(H,28,29)/t20-,21+/m0/s1. The first kappa shape index (κ1) is 21.2. The predicted octanol–water partition coefficient (Wildman–Crippen LogP) is 2.94. The monoisotopic (exact) mass is 413 g/mol. The van der Waals surface area contributed by atoms with Crippen molar-refractivity contribution in [2.45, 2.75) is 38.5 Å². The van der Waals surface area contributed by atoms with Crippen molar-refractivity contribution in [1.82, 2.24) is 9.80 Å². The van der Waals surface area contributed by atoms with Gasteiger partial charge in [-0.2, -0.15) is 0 Å². The van der Waals surface area contributed by atoms with Crippen LogP contribution in [0.25, 0.3) is 0 Å². The summed E-state index contributed by atoms with van der Waals surface area (Å²) in [5.74, 6) is 0.328. The van der Waals surface area contributed by atoms with Crippen molar-refractivity contribution in [2.75, 3.05) is 50.7 Å². The van der Waals surface area contributed by atoms with Gasteiger partial charge in [-0.25, -0.2) is 0 Å². The van der Waals surface area contributed by atoms with E-state index in [2.05, 4.69) is 40.1 Å². The molecule has 6 nitrogen and oxygen atoms in total. The number of para-hydroxylation sites is 1. The normalized spacial score (nSPS) is 25.7. The van der Waals surface area contributed by atoms with Crippen molar-refractivity contribution in [3.63, 3.8) is 0 Å². The minimum atomic E-state index is -0.708. The highest BCUT2D eigenvalue weighted by Crippen LogP contribution is 2.34. The van der Waals surface area contributed by atoms with E-state index in [1.165, 1.54) is 12.1 Å². The number of carboxylic acid groups (broad SMARTS) is 1. The first-order valence-corrected chi connectivity index (χ1v) is 11.6. The molecule has 0 radical (unpaired) electrons. The first-order valence-electron chi connectivity index (χ1n) is 11.6. The van der Waals surface area contributed by atoms with Gasteiger partial charge in [-0.3, -0.25) is 14.5 Å². The van der Waals surface area contributed by atoms with Gasteiger partial charge in [0.2, 0.25) is 5.91 Å². The highest BCUT2D eigenvalue weighted by molar-refractivity contribution is 5.79. The summed E-state index contributed by atoms with van der Waals surface area (Å²) in [5.41, 5.74) is 1.29. The SMILES string of the molecule is O=C(O)C[C@@H]1CCN(C(=O)C2CCC2)C[C@H]1CCN1CCN(c2ccccc2)CC1. The van der Waals surface area contributed by atoms with E-state index in [0.717, 1.165) is 71.5 Å². The molecule has 0 spiro atoms. The van der Waals surface area contributed by atoms with Gasteiger partial charge in [0.15, 0.2) is 0 Å². The number of benzene rings is 1. The topological polar surface area (TPSA) is 64.1 Å². The maximum Gasteiger partial charge on any atom is 0.303 e. The molecule has 3 aliphatic rings. The molecule has 1 aromatic carbocycles. The van der Waals surface area contributed by atoms with Crippen LogP contribution in [0.4, 0.5) is 5.69 Å². The van der Waals surface area contributed by atoms with Gasteiger partial charge < -0.3 is 14.9 Å². The molecule has 0 bridgehead atoms. The number of hydrogen-bond acceptors (Lipinski definition) is 4. The van der Waals surface area contributed by atoms with Crippen molar-refractivity contribution in [3.05, 3.63) is 30.3 Å². The van der Waals surface area contributed by atoms with Gasteiger partial charge in [-0.15, -0.1) is 0 Å². The van der Waals surface area contributed by atoms with Crippen LogP contribution in [0.15, 0.2) is 30.3 Å². The van der Waals surface area contributed by atoms with E-state index in [1.807, 2.05) is 4.90 Å². The number of anilines is 1. The number of carbonyl (C=O) groups is 2. The Morgan fingerprint density at radius 2 is 1.67 bits per heavy atom. The van der Waals surface area contributed by atoms with Gasteiger partial charge in [0.25, 0.3) is 0 Å². The van der Waals surface area contributed by atoms with Crippen LogP contribution in [0.5, 0.6) is 0 Å². The number of hydrogen-bond donors (Lipinski definition) is 1. The zero-order valence-corrected chi connectivity index (χ0v) is 17.9. The van der Waals surface area contributed by atoms with Crippen LogP contribution >= 0.6 is 0 Å². The van der Waals surface area contributed by atoms with Gasteiger partial charge >= 0.3 is 5.97 Å². The molecule has 3 fully saturated rings. The molecule has 30 heavy (non-hydrogen) atoms. The van der Waals surface area contributed by atoms with Crippen LogP contribution in [-0.4, -0.2) is 72.6 Å². The van der Waals surface area contributed by atoms with E-state index < -0.39 is 5.97 Å². The lowest BCUT2D eigenvalue weighted by Gasteiger charge is -2.42. The minimum absolute atomic E-state index is 0.193. The molecule has 6 heteroatoms. The average Bonchev–Trinajstić information content (AvgIpc) is 2.72. The number of piperidine rings is 1. The Hall–Kier alpha value is -2.08. The van der Waals surface area contributed by atoms with Crippen molar-refractivity contribution in [3.8, 4) is 0 Å². The van der Waals surface area contributed by atoms with Gasteiger partial charge in [-0.1, -0.05) is 24.6 Å². The van der Waals surface area contributed by atoms with Crippen LogP contribution in [0.1, 0.15) is 38.5 Å². The molecule has 2 aliphatic heterocycles. The lowest BCUT2D eigenvalue weighted by molar-refractivity contribution is -0.142. The minimum Gasteiger partial charge on any atom is -0.481 e. The third kappa shape index (κ3) is 5.15. The predicted molar refractivity (Wildman–Crippen MR) is 117 cm³/mol. The van der Waals surface area contributed by atoms with Gasteiger partial charge in [0.05, 0.1) is 0 Å². The molecule has 4 rings (SSSR count). The summed E-state index contributed by atoms with van der Waals surface area (Å²) in [4.78, 5) is 31.1. The molecule has 2 heterocycles. The summed E-state index contributed by atoms with van der Waals surface area (Å²) < 4.78 is 0. The lowest BCUT2D eigenvalue weighted by Crippen LogP contribution is -2.50. The third-order valence-electron chi connectivity index (χ3n) is 7.40. The van der Waals surface area contributed by atoms with Crippen LogP contribution in [0.3, 0.4) is 0 Å². The molecular weight excluding hydrogens is 378 g/mol. The van der Waals surface area contributed by atoms with Crippen molar-refractivity contribution >= 4 is 17.6 Å². The van der Waals surface area contributed by atoms with Crippen LogP contribution in [0.2, 0.25) is 0 Å². The zero-order chi connectivity index (χ0) is 20.9. The van der Waals surface area contributed by atoms with E-state index >= 15 is 0 Å². The molecule has 1 amide bonds. The summed E-state index contributed by atoms with van der Waals surface area (Å²) >= 11 is 0. The fraction of sp³-hybridized carbons (Fsp3) is 0.667. The second-order valence-electron chi connectivity index (χ2n) is 9.27. The summed E-state index contributed by atoms with van der Waals surface area (Å²) in [7, 11) is 0. The first-order chi connectivity index (χ1) is 14.6. The summed E-state index contributed by atoms with van der Waals surface area (Å²) in [6.07, 6.45) is 5.28. The Kier molecular flexibility index (Phi) is 6.93. The molecule has 0 unspecified atom stereocenters. The second-order valence-corrected chi connectivity index (χ2v) is 9.27. The van der Waals surface area contributed by atoms with Gasteiger partial charge in [-0.05, 0) is 56.2 Å². The molecule has 0 aromatic heterocycles. The quantitative estimate of drug-likeness (QED) is 0.745. The van der Waals surface area contributed by atoms with E-state index in [-0.39, 0.29) is 18.3 Å². The Balaban J connectivity index is 1.29. The van der Waals surface area contributed by atoms with Crippen molar-refractivity contribution in [2.24, 2.45) is 17.8 Å². The molecular formula is C24H35N3O3. The number of likely N-dealkylation sites (tertiary alicyclic amines) is 1. The number of rotatable bonds is 7. The number of carboxylic acids is 1. The number of carbonyl (C=O) groups excluding carboxylic acids is 1. The molecule has 1 aromatic rings. The molecule has 2 atom stereocenters. The highest BCUT2D eigenvalue weighted by Gasteiger charge is 2.36. The number of amides is 1. The van der Waals surface area contributed by atoms with E-state index in [0.29, 0.717) is 11.8 Å². The zero-order valence-electron chi connectivity index (χ0n) is 17.9. The van der Waals surface area contributed by atoms with Crippen LogP contribution in [0, 0.1) is 17.8 Å². The fourth-order valence-electron chi connectivity index (χ4n) is 5.23. The molecule has 1 N–H and O–H groups in total. The van der Waals surface area contributed by atoms with Crippen molar-refractivity contribution < 1.29 is 14.7 Å². The second kappa shape index (κ2) is 9.82. The highest BCUT2D eigenvalue weighted by atomic mass is 16.4. The summed E-state index contributed by atoms with van der Waals surface area (Å²) in [5, 5.41) is 9.35. The molecule has 1 saturated carbocycles. The average molecular weight is 414 g/mol. The number of piperazine rings is 1. The Bertz CT molecular complexity index is 714. The van der Waals surface area contributed by atoms with E-state index in [9.17, 15) is 14.7 Å². The Morgan fingerprint density at radius 1 is 0.933 bits per heavy atom. The van der Waals surface area contributed by atoms with Gasteiger partial charge in [0.1, 0.15) is 0 Å². The van der Waals surface area contributed by atoms with E-state index in [1.54, 1.807) is 0 Å². The van der Waals surface area contributed by atoms with E-state index in [4.69, 9.17) is 0 Å². The van der Waals surface area contributed by atoms with Crippen LogP contribution < -0.4 is 4.90 Å².